The fourth-order valence-electron chi connectivity index (χ4n) is 2.24. The molecule has 18 heavy (non-hydrogen) atoms. The summed E-state index contributed by atoms with van der Waals surface area (Å²) in [5.41, 5.74) is 2.48. The molecule has 0 aromatic heterocycles. The average Bonchev–Trinajstić information content (AvgIpc) is 2.82. The van der Waals surface area contributed by atoms with Gasteiger partial charge in [0.25, 0.3) is 0 Å². The van der Waals surface area contributed by atoms with Gasteiger partial charge in [-0.25, -0.2) is 13.1 Å². The van der Waals surface area contributed by atoms with E-state index in [0.29, 0.717) is 11.4 Å². The highest BCUT2D eigenvalue weighted by Gasteiger charge is 2.17. The van der Waals surface area contributed by atoms with Crippen LogP contribution in [0.1, 0.15) is 30.9 Å². The maximum Gasteiger partial charge on any atom is 0.240 e. The Labute approximate surface area is 109 Å². The third-order valence-electron chi connectivity index (χ3n) is 3.22. The first kappa shape index (κ1) is 13.3. The van der Waals surface area contributed by atoms with Gasteiger partial charge in [0.1, 0.15) is 0 Å². The number of benzene rings is 1. The van der Waals surface area contributed by atoms with Gasteiger partial charge in [0, 0.05) is 6.54 Å². The number of sulfonamides is 1. The molecule has 3 nitrogen and oxygen atoms in total. The molecule has 0 aliphatic heterocycles. The first-order chi connectivity index (χ1) is 8.63. The Balaban J connectivity index is 2.10. The molecule has 0 radical (unpaired) electrons. The highest BCUT2D eigenvalue weighted by Crippen LogP contribution is 2.24. The molecule has 0 fully saturated rings. The maximum absolute atomic E-state index is 12.1. The highest BCUT2D eigenvalue weighted by atomic mass is 32.2. The number of hydrogen-bond acceptors (Lipinski definition) is 2. The van der Waals surface area contributed by atoms with E-state index in [1.165, 1.54) is 11.1 Å². The molecule has 0 heterocycles. The van der Waals surface area contributed by atoms with Gasteiger partial charge in [-0.15, -0.1) is 0 Å². The van der Waals surface area contributed by atoms with E-state index in [4.69, 9.17) is 0 Å². The molecule has 0 saturated carbocycles. The number of aryl methyl sites for hydroxylation is 2. The van der Waals surface area contributed by atoms with Gasteiger partial charge in [-0.1, -0.05) is 18.2 Å². The van der Waals surface area contributed by atoms with Crippen molar-refractivity contribution in [2.24, 2.45) is 0 Å². The Morgan fingerprint density at radius 3 is 2.83 bits per heavy atom. The van der Waals surface area contributed by atoms with Crippen LogP contribution < -0.4 is 4.72 Å². The van der Waals surface area contributed by atoms with E-state index >= 15 is 0 Å². The molecule has 0 spiro atoms. The number of allylic oxidation sites excluding steroid dienone is 1. The number of fused-ring (bicyclic) bond motifs is 1. The summed E-state index contributed by atoms with van der Waals surface area (Å²) in [5, 5.41) is 0. The van der Waals surface area contributed by atoms with Crippen molar-refractivity contribution >= 4 is 10.0 Å². The molecule has 0 unspecified atom stereocenters. The second kappa shape index (κ2) is 5.67. The van der Waals surface area contributed by atoms with E-state index in [0.717, 1.165) is 25.7 Å². The van der Waals surface area contributed by atoms with Gasteiger partial charge in [0.15, 0.2) is 0 Å². The zero-order chi connectivity index (χ0) is 13.0. The summed E-state index contributed by atoms with van der Waals surface area (Å²) in [6.45, 7) is 2.37. The second-order valence-corrected chi connectivity index (χ2v) is 6.31. The molecule has 1 aliphatic carbocycles. The van der Waals surface area contributed by atoms with Gasteiger partial charge in [-0.2, -0.15) is 0 Å². The van der Waals surface area contributed by atoms with Crippen molar-refractivity contribution in [1.29, 1.82) is 0 Å². The third kappa shape index (κ3) is 3.00. The summed E-state index contributed by atoms with van der Waals surface area (Å²) in [6.07, 6.45) is 7.80. The van der Waals surface area contributed by atoms with E-state index in [1.54, 1.807) is 6.07 Å². The summed E-state index contributed by atoms with van der Waals surface area (Å²) in [5.74, 6) is 0. The highest BCUT2D eigenvalue weighted by molar-refractivity contribution is 7.89. The van der Waals surface area contributed by atoms with Crippen LogP contribution in [-0.4, -0.2) is 15.0 Å². The van der Waals surface area contributed by atoms with Crippen molar-refractivity contribution in [3.05, 3.63) is 41.5 Å². The Hall–Kier alpha value is -1.13. The van der Waals surface area contributed by atoms with Gasteiger partial charge < -0.3 is 0 Å². The minimum atomic E-state index is -3.35. The first-order valence-electron chi connectivity index (χ1n) is 6.36. The molecular formula is C14H19NO2S. The molecule has 0 amide bonds. The van der Waals surface area contributed by atoms with Crippen LogP contribution in [0.4, 0.5) is 0 Å². The van der Waals surface area contributed by atoms with Crippen LogP contribution >= 0.6 is 0 Å². The van der Waals surface area contributed by atoms with Crippen molar-refractivity contribution in [3.63, 3.8) is 0 Å². The number of hydrogen-bond donors (Lipinski definition) is 1. The van der Waals surface area contributed by atoms with Crippen LogP contribution in [0, 0.1) is 0 Å². The van der Waals surface area contributed by atoms with Crippen LogP contribution in [0.3, 0.4) is 0 Å². The van der Waals surface area contributed by atoms with Crippen LogP contribution in [0.25, 0.3) is 0 Å². The Kier molecular flexibility index (Phi) is 4.19. The summed E-state index contributed by atoms with van der Waals surface area (Å²) in [6, 6.07) is 5.48. The third-order valence-corrected chi connectivity index (χ3v) is 4.68. The van der Waals surface area contributed by atoms with E-state index < -0.39 is 10.0 Å². The lowest BCUT2D eigenvalue weighted by Crippen LogP contribution is -2.24. The predicted octanol–water partition coefficient (Wildman–Crippen LogP) is 2.42. The average molecular weight is 265 g/mol. The molecule has 1 aromatic carbocycles. The lowest BCUT2D eigenvalue weighted by molar-refractivity contribution is 0.582. The van der Waals surface area contributed by atoms with E-state index in [9.17, 15) is 8.42 Å². The first-order valence-corrected chi connectivity index (χ1v) is 7.84. The van der Waals surface area contributed by atoms with Gasteiger partial charge >= 0.3 is 0 Å². The lowest BCUT2D eigenvalue weighted by atomic mass is 10.1. The zero-order valence-electron chi connectivity index (χ0n) is 10.6. The maximum atomic E-state index is 12.1. The largest absolute Gasteiger partial charge is 0.240 e. The minimum Gasteiger partial charge on any atom is -0.211 e. The molecule has 1 N–H and O–H groups in total. The zero-order valence-corrected chi connectivity index (χ0v) is 11.5. The van der Waals surface area contributed by atoms with Gasteiger partial charge in [0.2, 0.25) is 10.0 Å². The quantitative estimate of drug-likeness (QED) is 0.656. The fourth-order valence-corrected chi connectivity index (χ4v) is 3.34. The predicted molar refractivity (Wildman–Crippen MR) is 73.1 cm³/mol. The van der Waals surface area contributed by atoms with Crippen molar-refractivity contribution in [2.45, 2.75) is 37.5 Å². The molecular weight excluding hydrogens is 246 g/mol. The molecule has 1 aliphatic rings. The monoisotopic (exact) mass is 265 g/mol. The summed E-state index contributed by atoms with van der Waals surface area (Å²) in [4.78, 5) is 0.392. The normalized spacial score (nSPS) is 15.2. The Bertz CT molecular complexity index is 547. The standard InChI is InChI=1S/C14H19NO2S/c1-2-3-4-10-15-18(16,17)14-9-8-12-6-5-7-13(12)11-14/h2-3,8-9,11,15H,4-7,10H2,1H3/b3-2+. The Morgan fingerprint density at radius 2 is 2.06 bits per heavy atom. The van der Waals surface area contributed by atoms with Crippen LogP contribution in [0.2, 0.25) is 0 Å². The molecule has 1 aromatic rings. The molecule has 2 rings (SSSR count). The summed E-state index contributed by atoms with van der Waals surface area (Å²) in [7, 11) is -3.35. The van der Waals surface area contributed by atoms with Crippen molar-refractivity contribution in [3.8, 4) is 0 Å². The summed E-state index contributed by atoms with van der Waals surface area (Å²) < 4.78 is 26.7. The second-order valence-electron chi connectivity index (χ2n) is 4.54. The van der Waals surface area contributed by atoms with E-state index in [1.807, 2.05) is 31.2 Å². The van der Waals surface area contributed by atoms with Gasteiger partial charge in [-0.3, -0.25) is 0 Å². The molecule has 0 bridgehead atoms. The van der Waals surface area contributed by atoms with Gasteiger partial charge in [-0.05, 0) is 55.9 Å². The van der Waals surface area contributed by atoms with Gasteiger partial charge in [0.05, 0.1) is 4.90 Å². The Morgan fingerprint density at radius 1 is 1.28 bits per heavy atom. The van der Waals surface area contributed by atoms with Crippen LogP contribution in [-0.2, 0) is 22.9 Å². The number of rotatable bonds is 5. The van der Waals surface area contributed by atoms with Crippen LogP contribution in [0.15, 0.2) is 35.2 Å². The molecule has 0 atom stereocenters. The molecule has 4 heteroatoms. The van der Waals surface area contributed by atoms with Crippen molar-refractivity contribution < 1.29 is 8.42 Å². The van der Waals surface area contributed by atoms with Crippen molar-refractivity contribution in [1.82, 2.24) is 4.72 Å². The SMILES string of the molecule is C/C=C/CCNS(=O)(=O)c1ccc2c(c1)CCC2. The molecule has 98 valence electrons. The van der Waals surface area contributed by atoms with Crippen LogP contribution in [0.5, 0.6) is 0 Å². The van der Waals surface area contributed by atoms with Crippen molar-refractivity contribution in [2.75, 3.05) is 6.54 Å². The minimum absolute atomic E-state index is 0.392. The fraction of sp³-hybridized carbons (Fsp3) is 0.429. The molecule has 0 saturated heterocycles. The van der Waals surface area contributed by atoms with E-state index in [2.05, 4.69) is 4.72 Å². The summed E-state index contributed by atoms with van der Waals surface area (Å²) >= 11 is 0. The topological polar surface area (TPSA) is 46.2 Å². The smallest absolute Gasteiger partial charge is 0.211 e. The number of nitrogens with one attached hydrogen (secondary N) is 1. The van der Waals surface area contributed by atoms with E-state index in [-0.39, 0.29) is 0 Å². The lowest BCUT2D eigenvalue weighted by Gasteiger charge is -2.07.